The lowest BCUT2D eigenvalue weighted by Crippen LogP contribution is -2.18. The third-order valence-corrected chi connectivity index (χ3v) is 2.65. The van der Waals surface area contributed by atoms with Gasteiger partial charge in [0.05, 0.1) is 6.54 Å². The maximum Gasteiger partial charge on any atom is 0.251 e. The zero-order valence-corrected chi connectivity index (χ0v) is 9.65. The van der Waals surface area contributed by atoms with Crippen molar-refractivity contribution in [1.82, 2.24) is 4.57 Å². The molecule has 0 saturated heterocycles. The highest BCUT2D eigenvalue weighted by atomic mass is 79.9. The van der Waals surface area contributed by atoms with Crippen LogP contribution in [-0.4, -0.2) is 4.57 Å². The molecule has 2 nitrogen and oxygen atoms in total. The van der Waals surface area contributed by atoms with Crippen LogP contribution in [0.4, 0.5) is 0 Å². The second-order valence-electron chi connectivity index (χ2n) is 3.30. The molecular weight excluding hydrogens is 254 g/mol. The maximum atomic E-state index is 11.6. The third-order valence-electron chi connectivity index (χ3n) is 2.15. The lowest BCUT2D eigenvalue weighted by molar-refractivity contribution is 0.758. The number of hydrogen-bond donors (Lipinski definition) is 0. The minimum Gasteiger partial charge on any atom is -0.311 e. The SMILES string of the molecule is O=c1cc(Br)ccn1Cc1ccccc1. The Balaban J connectivity index is 2.29. The van der Waals surface area contributed by atoms with Gasteiger partial charge in [0.1, 0.15) is 0 Å². The molecule has 0 aliphatic rings. The summed E-state index contributed by atoms with van der Waals surface area (Å²) in [6.07, 6.45) is 1.79. The molecular formula is C12H10BrNO. The number of nitrogens with zero attached hydrogens (tertiary/aromatic N) is 1. The molecule has 0 aliphatic carbocycles. The molecule has 0 fully saturated rings. The average molecular weight is 264 g/mol. The van der Waals surface area contributed by atoms with Gasteiger partial charge in [-0.25, -0.2) is 0 Å². The summed E-state index contributed by atoms with van der Waals surface area (Å²) in [4.78, 5) is 11.6. The summed E-state index contributed by atoms with van der Waals surface area (Å²) in [7, 11) is 0. The summed E-state index contributed by atoms with van der Waals surface area (Å²) in [5.41, 5.74) is 1.13. The van der Waals surface area contributed by atoms with Crippen LogP contribution in [0.2, 0.25) is 0 Å². The normalized spacial score (nSPS) is 10.2. The molecule has 76 valence electrons. The Kier molecular flexibility index (Phi) is 3.02. The van der Waals surface area contributed by atoms with E-state index >= 15 is 0 Å². The van der Waals surface area contributed by atoms with Crippen molar-refractivity contribution in [3.05, 3.63) is 69.1 Å². The number of aromatic nitrogens is 1. The third kappa shape index (κ3) is 2.57. The van der Waals surface area contributed by atoms with Gasteiger partial charge in [-0.05, 0) is 11.6 Å². The minimum atomic E-state index is 0.00762. The van der Waals surface area contributed by atoms with Gasteiger partial charge in [-0.3, -0.25) is 4.79 Å². The van der Waals surface area contributed by atoms with Crippen LogP contribution in [0.15, 0.2) is 57.9 Å². The summed E-state index contributed by atoms with van der Waals surface area (Å²) in [6, 6.07) is 13.4. The second kappa shape index (κ2) is 4.45. The Morgan fingerprint density at radius 1 is 1.13 bits per heavy atom. The molecule has 0 N–H and O–H groups in total. The van der Waals surface area contributed by atoms with Crippen molar-refractivity contribution in [2.75, 3.05) is 0 Å². The van der Waals surface area contributed by atoms with Gasteiger partial charge in [0, 0.05) is 16.7 Å². The number of rotatable bonds is 2. The molecule has 1 heterocycles. The second-order valence-corrected chi connectivity index (χ2v) is 4.21. The smallest absolute Gasteiger partial charge is 0.251 e. The summed E-state index contributed by atoms with van der Waals surface area (Å²) in [5.74, 6) is 0. The van der Waals surface area contributed by atoms with Crippen LogP contribution in [0.3, 0.4) is 0 Å². The Morgan fingerprint density at radius 3 is 2.53 bits per heavy atom. The van der Waals surface area contributed by atoms with Crippen LogP contribution in [0.25, 0.3) is 0 Å². The zero-order chi connectivity index (χ0) is 10.7. The average Bonchev–Trinajstić information content (AvgIpc) is 2.24. The van der Waals surface area contributed by atoms with E-state index in [4.69, 9.17) is 0 Å². The number of pyridine rings is 1. The van der Waals surface area contributed by atoms with Crippen LogP contribution >= 0.6 is 15.9 Å². The standard InChI is InChI=1S/C12H10BrNO/c13-11-6-7-14(12(15)8-11)9-10-4-2-1-3-5-10/h1-8H,9H2. The molecule has 0 radical (unpaired) electrons. The quantitative estimate of drug-likeness (QED) is 0.817. The predicted molar refractivity (Wildman–Crippen MR) is 63.9 cm³/mol. The number of halogens is 1. The first-order valence-electron chi connectivity index (χ1n) is 4.65. The molecule has 15 heavy (non-hydrogen) atoms. The summed E-state index contributed by atoms with van der Waals surface area (Å²) in [5, 5.41) is 0. The lowest BCUT2D eigenvalue weighted by atomic mass is 10.2. The first-order valence-corrected chi connectivity index (χ1v) is 5.45. The molecule has 0 aliphatic heterocycles. The van der Waals surface area contributed by atoms with E-state index < -0.39 is 0 Å². The molecule has 1 aromatic carbocycles. The molecule has 2 aromatic rings. The summed E-state index contributed by atoms with van der Waals surface area (Å²) in [6.45, 7) is 0.618. The van der Waals surface area contributed by atoms with Gasteiger partial charge >= 0.3 is 0 Å². The van der Waals surface area contributed by atoms with Crippen molar-refractivity contribution in [3.8, 4) is 0 Å². The predicted octanol–water partition coefficient (Wildman–Crippen LogP) is 2.66. The van der Waals surface area contributed by atoms with Gasteiger partial charge in [-0.1, -0.05) is 46.3 Å². The Labute approximate surface area is 96.3 Å². The first-order chi connectivity index (χ1) is 7.25. The van der Waals surface area contributed by atoms with E-state index in [-0.39, 0.29) is 5.56 Å². The highest BCUT2D eigenvalue weighted by Gasteiger charge is 1.97. The van der Waals surface area contributed by atoms with Crippen molar-refractivity contribution in [2.24, 2.45) is 0 Å². The van der Waals surface area contributed by atoms with E-state index in [1.54, 1.807) is 16.8 Å². The molecule has 2 rings (SSSR count). The van der Waals surface area contributed by atoms with Crippen LogP contribution in [0.5, 0.6) is 0 Å². The highest BCUT2D eigenvalue weighted by Crippen LogP contribution is 2.05. The maximum absolute atomic E-state index is 11.6. The van der Waals surface area contributed by atoms with E-state index in [0.717, 1.165) is 10.0 Å². The summed E-state index contributed by atoms with van der Waals surface area (Å²) >= 11 is 3.27. The van der Waals surface area contributed by atoms with Gasteiger partial charge in [0.15, 0.2) is 0 Å². The fourth-order valence-corrected chi connectivity index (χ4v) is 1.71. The molecule has 0 atom stereocenters. The van der Waals surface area contributed by atoms with Crippen LogP contribution in [-0.2, 0) is 6.54 Å². The molecule has 0 saturated carbocycles. The van der Waals surface area contributed by atoms with Crippen molar-refractivity contribution < 1.29 is 0 Å². The Bertz CT molecular complexity index is 505. The van der Waals surface area contributed by atoms with E-state index in [9.17, 15) is 4.79 Å². The number of benzene rings is 1. The monoisotopic (exact) mass is 263 g/mol. The lowest BCUT2D eigenvalue weighted by Gasteiger charge is -2.05. The van der Waals surface area contributed by atoms with Crippen molar-refractivity contribution in [3.63, 3.8) is 0 Å². The Hall–Kier alpha value is -1.35. The molecule has 0 unspecified atom stereocenters. The molecule has 3 heteroatoms. The summed E-state index contributed by atoms with van der Waals surface area (Å²) < 4.78 is 2.50. The van der Waals surface area contributed by atoms with Gasteiger partial charge in [-0.15, -0.1) is 0 Å². The van der Waals surface area contributed by atoms with Gasteiger partial charge in [0.2, 0.25) is 0 Å². The van der Waals surface area contributed by atoms with Crippen LogP contribution < -0.4 is 5.56 Å². The Morgan fingerprint density at radius 2 is 1.87 bits per heavy atom. The largest absolute Gasteiger partial charge is 0.311 e. The number of hydrogen-bond acceptors (Lipinski definition) is 1. The van der Waals surface area contributed by atoms with Gasteiger partial charge in [0.25, 0.3) is 5.56 Å². The molecule has 0 bridgehead atoms. The van der Waals surface area contributed by atoms with E-state index in [1.165, 1.54) is 0 Å². The topological polar surface area (TPSA) is 22.0 Å². The molecule has 0 spiro atoms. The minimum absolute atomic E-state index is 0.00762. The van der Waals surface area contributed by atoms with Crippen molar-refractivity contribution >= 4 is 15.9 Å². The zero-order valence-electron chi connectivity index (χ0n) is 8.06. The highest BCUT2D eigenvalue weighted by molar-refractivity contribution is 9.10. The van der Waals surface area contributed by atoms with E-state index in [1.807, 2.05) is 36.4 Å². The first kappa shape index (κ1) is 10.2. The van der Waals surface area contributed by atoms with Crippen LogP contribution in [0.1, 0.15) is 5.56 Å². The van der Waals surface area contributed by atoms with E-state index in [2.05, 4.69) is 15.9 Å². The van der Waals surface area contributed by atoms with Crippen molar-refractivity contribution in [2.45, 2.75) is 6.54 Å². The molecule has 1 aromatic heterocycles. The van der Waals surface area contributed by atoms with Crippen molar-refractivity contribution in [1.29, 1.82) is 0 Å². The van der Waals surface area contributed by atoms with Gasteiger partial charge < -0.3 is 4.57 Å². The molecule has 0 amide bonds. The van der Waals surface area contributed by atoms with E-state index in [0.29, 0.717) is 6.54 Å². The fraction of sp³-hybridized carbons (Fsp3) is 0.0833. The van der Waals surface area contributed by atoms with Gasteiger partial charge in [-0.2, -0.15) is 0 Å². The fourth-order valence-electron chi connectivity index (χ4n) is 1.39. The van der Waals surface area contributed by atoms with Crippen LogP contribution in [0, 0.1) is 0 Å².